The molecule has 0 amide bonds. The fourth-order valence-electron chi connectivity index (χ4n) is 2.77. The number of phenolic OH excluding ortho intramolecular Hbond substituents is 1. The molecule has 4 nitrogen and oxygen atoms in total. The molecule has 1 aliphatic rings. The summed E-state index contributed by atoms with van der Waals surface area (Å²) in [6.07, 6.45) is 0. The van der Waals surface area contributed by atoms with Crippen LogP contribution < -0.4 is 10.2 Å². The molecule has 0 atom stereocenters. The van der Waals surface area contributed by atoms with Gasteiger partial charge >= 0.3 is 0 Å². The van der Waals surface area contributed by atoms with Gasteiger partial charge in [0.1, 0.15) is 11.6 Å². The number of rotatable bonds is 3. The van der Waals surface area contributed by atoms with Crippen LogP contribution in [0.4, 0.5) is 10.1 Å². The Balaban J connectivity index is 1.50. The van der Waals surface area contributed by atoms with Crippen molar-refractivity contribution in [2.45, 2.75) is 6.54 Å². The van der Waals surface area contributed by atoms with Crippen molar-refractivity contribution in [3.8, 4) is 5.75 Å². The maximum absolute atomic E-state index is 12.9. The number of anilines is 1. The van der Waals surface area contributed by atoms with Crippen LogP contribution in [0.15, 0.2) is 48.5 Å². The van der Waals surface area contributed by atoms with E-state index in [0.717, 1.165) is 37.4 Å². The molecule has 1 fully saturated rings. The standard InChI is InChI=1S/C18H20FN3OS/c19-15-7-5-14(6-8-15)13-20-18(24)22-11-9-21(10-12-22)16-3-1-2-4-17(16)23/h1-8,23H,9-13H2,(H,20,24). The van der Waals surface area contributed by atoms with E-state index in [9.17, 15) is 9.50 Å². The number of benzene rings is 2. The van der Waals surface area contributed by atoms with E-state index < -0.39 is 0 Å². The van der Waals surface area contributed by atoms with Gasteiger partial charge in [0.05, 0.1) is 5.69 Å². The Kier molecular flexibility index (Phi) is 5.15. The second-order valence-electron chi connectivity index (χ2n) is 5.75. The van der Waals surface area contributed by atoms with E-state index in [4.69, 9.17) is 12.2 Å². The van der Waals surface area contributed by atoms with E-state index in [2.05, 4.69) is 15.1 Å². The third kappa shape index (κ3) is 3.94. The Hall–Kier alpha value is -2.34. The van der Waals surface area contributed by atoms with Crippen molar-refractivity contribution in [1.82, 2.24) is 10.2 Å². The molecule has 0 saturated carbocycles. The van der Waals surface area contributed by atoms with Gasteiger partial charge in [0, 0.05) is 32.7 Å². The number of phenols is 1. The van der Waals surface area contributed by atoms with Gasteiger partial charge in [-0.3, -0.25) is 0 Å². The first-order valence-corrected chi connectivity index (χ1v) is 8.34. The van der Waals surface area contributed by atoms with Gasteiger partial charge in [-0.1, -0.05) is 24.3 Å². The van der Waals surface area contributed by atoms with Crippen LogP contribution in [-0.4, -0.2) is 41.3 Å². The zero-order valence-corrected chi connectivity index (χ0v) is 14.1. The van der Waals surface area contributed by atoms with Gasteiger partial charge in [-0.05, 0) is 42.0 Å². The number of para-hydroxylation sites is 2. The molecule has 2 N–H and O–H groups in total. The highest BCUT2D eigenvalue weighted by Crippen LogP contribution is 2.27. The minimum Gasteiger partial charge on any atom is -0.506 e. The first kappa shape index (κ1) is 16.5. The molecule has 6 heteroatoms. The van der Waals surface area contributed by atoms with E-state index in [-0.39, 0.29) is 5.82 Å². The van der Waals surface area contributed by atoms with E-state index >= 15 is 0 Å². The van der Waals surface area contributed by atoms with Crippen molar-refractivity contribution in [2.24, 2.45) is 0 Å². The van der Waals surface area contributed by atoms with Crippen LogP contribution in [0.1, 0.15) is 5.56 Å². The molecule has 3 rings (SSSR count). The number of nitrogens with one attached hydrogen (secondary N) is 1. The predicted octanol–water partition coefficient (Wildman–Crippen LogP) is 2.73. The third-order valence-electron chi connectivity index (χ3n) is 4.15. The largest absolute Gasteiger partial charge is 0.506 e. The minimum absolute atomic E-state index is 0.235. The number of hydrogen-bond acceptors (Lipinski definition) is 3. The summed E-state index contributed by atoms with van der Waals surface area (Å²) < 4.78 is 12.9. The zero-order chi connectivity index (χ0) is 16.9. The van der Waals surface area contributed by atoms with Gasteiger partial charge in [0.2, 0.25) is 0 Å². The minimum atomic E-state index is -0.235. The average Bonchev–Trinajstić information content (AvgIpc) is 2.61. The zero-order valence-electron chi connectivity index (χ0n) is 13.3. The van der Waals surface area contributed by atoms with Crippen molar-refractivity contribution in [3.05, 3.63) is 59.9 Å². The van der Waals surface area contributed by atoms with Crippen LogP contribution in [0, 0.1) is 5.82 Å². The first-order chi connectivity index (χ1) is 11.6. The van der Waals surface area contributed by atoms with Crippen molar-refractivity contribution >= 4 is 23.0 Å². The van der Waals surface area contributed by atoms with E-state index in [1.54, 1.807) is 18.2 Å². The number of thiocarbonyl (C=S) groups is 1. The van der Waals surface area contributed by atoms with Crippen molar-refractivity contribution < 1.29 is 9.50 Å². The van der Waals surface area contributed by atoms with E-state index in [1.165, 1.54) is 12.1 Å². The lowest BCUT2D eigenvalue weighted by Crippen LogP contribution is -2.51. The van der Waals surface area contributed by atoms with Crippen LogP contribution in [0.5, 0.6) is 5.75 Å². The highest BCUT2D eigenvalue weighted by atomic mass is 32.1. The Labute approximate surface area is 146 Å². The number of aromatic hydroxyl groups is 1. The van der Waals surface area contributed by atoms with E-state index in [1.807, 2.05) is 18.2 Å². The molecule has 126 valence electrons. The Bertz CT molecular complexity index is 700. The summed E-state index contributed by atoms with van der Waals surface area (Å²) >= 11 is 5.45. The Morgan fingerprint density at radius 2 is 1.71 bits per heavy atom. The lowest BCUT2D eigenvalue weighted by Gasteiger charge is -2.37. The maximum Gasteiger partial charge on any atom is 0.169 e. The summed E-state index contributed by atoms with van der Waals surface area (Å²) in [5.41, 5.74) is 1.86. The molecular formula is C18H20FN3OS. The van der Waals surface area contributed by atoms with Crippen LogP contribution >= 0.6 is 12.2 Å². The number of nitrogens with zero attached hydrogens (tertiary/aromatic N) is 2. The van der Waals surface area contributed by atoms with Gasteiger partial charge in [0.25, 0.3) is 0 Å². The Morgan fingerprint density at radius 1 is 1.04 bits per heavy atom. The summed E-state index contributed by atoms with van der Waals surface area (Å²) in [4.78, 5) is 4.28. The quantitative estimate of drug-likeness (QED) is 0.837. The summed E-state index contributed by atoms with van der Waals surface area (Å²) in [6, 6.07) is 13.8. The van der Waals surface area contributed by atoms with Gasteiger partial charge in [0.15, 0.2) is 5.11 Å². The SMILES string of the molecule is Oc1ccccc1N1CCN(C(=S)NCc2ccc(F)cc2)CC1. The van der Waals surface area contributed by atoms with Crippen molar-refractivity contribution in [2.75, 3.05) is 31.1 Å². The number of hydrogen-bond donors (Lipinski definition) is 2. The van der Waals surface area contributed by atoms with Gasteiger partial charge in [-0.15, -0.1) is 0 Å². The normalized spacial score (nSPS) is 14.5. The smallest absolute Gasteiger partial charge is 0.169 e. The van der Waals surface area contributed by atoms with Gasteiger partial charge < -0.3 is 20.2 Å². The molecule has 0 radical (unpaired) electrons. The molecule has 2 aromatic carbocycles. The van der Waals surface area contributed by atoms with Crippen molar-refractivity contribution in [1.29, 1.82) is 0 Å². The molecular weight excluding hydrogens is 325 g/mol. The van der Waals surface area contributed by atoms with Gasteiger partial charge in [-0.25, -0.2) is 4.39 Å². The Morgan fingerprint density at radius 3 is 2.38 bits per heavy atom. The second-order valence-corrected chi connectivity index (χ2v) is 6.13. The number of piperazine rings is 1. The fourth-order valence-corrected chi connectivity index (χ4v) is 3.03. The van der Waals surface area contributed by atoms with Crippen LogP contribution in [0.3, 0.4) is 0 Å². The molecule has 0 unspecified atom stereocenters. The molecule has 1 heterocycles. The molecule has 0 bridgehead atoms. The first-order valence-electron chi connectivity index (χ1n) is 7.93. The highest BCUT2D eigenvalue weighted by Gasteiger charge is 2.20. The maximum atomic E-state index is 12.9. The highest BCUT2D eigenvalue weighted by molar-refractivity contribution is 7.80. The molecule has 1 aliphatic heterocycles. The predicted molar refractivity (Wildman–Crippen MR) is 97.7 cm³/mol. The second kappa shape index (κ2) is 7.49. The van der Waals surface area contributed by atoms with Crippen LogP contribution in [-0.2, 0) is 6.54 Å². The summed E-state index contributed by atoms with van der Waals surface area (Å²) in [6.45, 7) is 3.78. The summed E-state index contributed by atoms with van der Waals surface area (Å²) in [5, 5.41) is 13.9. The number of halogens is 1. The lowest BCUT2D eigenvalue weighted by molar-refractivity contribution is 0.377. The van der Waals surface area contributed by atoms with Crippen LogP contribution in [0.2, 0.25) is 0 Å². The third-order valence-corrected chi connectivity index (χ3v) is 4.55. The molecule has 0 aromatic heterocycles. The van der Waals surface area contributed by atoms with E-state index in [0.29, 0.717) is 17.4 Å². The van der Waals surface area contributed by atoms with Crippen molar-refractivity contribution in [3.63, 3.8) is 0 Å². The molecule has 0 spiro atoms. The summed E-state index contributed by atoms with van der Waals surface area (Å²) in [7, 11) is 0. The monoisotopic (exact) mass is 345 g/mol. The molecule has 2 aromatic rings. The topological polar surface area (TPSA) is 38.7 Å². The summed E-state index contributed by atoms with van der Waals surface area (Å²) in [5.74, 6) is 0.0737. The molecule has 24 heavy (non-hydrogen) atoms. The lowest BCUT2D eigenvalue weighted by atomic mass is 10.2. The molecule has 0 aliphatic carbocycles. The van der Waals surface area contributed by atoms with Crippen LogP contribution in [0.25, 0.3) is 0 Å². The average molecular weight is 345 g/mol. The fraction of sp³-hybridized carbons (Fsp3) is 0.278. The van der Waals surface area contributed by atoms with Gasteiger partial charge in [-0.2, -0.15) is 0 Å². The molecule has 1 saturated heterocycles.